The van der Waals surface area contributed by atoms with Gasteiger partial charge in [0.15, 0.2) is 0 Å². The molecule has 0 saturated carbocycles. The van der Waals surface area contributed by atoms with Gasteiger partial charge in [-0.2, -0.15) is 0 Å². The number of aryl methyl sites for hydroxylation is 1. The first-order valence-electron chi connectivity index (χ1n) is 6.96. The second-order valence-corrected chi connectivity index (χ2v) is 5.77. The Balaban J connectivity index is 2.26. The third kappa shape index (κ3) is 3.76. The molecule has 2 aromatic rings. The van der Waals surface area contributed by atoms with Gasteiger partial charge >= 0.3 is 0 Å². The van der Waals surface area contributed by atoms with Gasteiger partial charge in [-0.15, -0.1) is 0 Å². The summed E-state index contributed by atoms with van der Waals surface area (Å²) in [4.78, 5) is 0. The van der Waals surface area contributed by atoms with Gasteiger partial charge in [0.1, 0.15) is 11.6 Å². The molecule has 0 saturated heterocycles. The van der Waals surface area contributed by atoms with Gasteiger partial charge in [-0.05, 0) is 60.5 Å². The predicted octanol–water partition coefficient (Wildman–Crippen LogP) is 5.47. The van der Waals surface area contributed by atoms with Crippen molar-refractivity contribution in [2.45, 2.75) is 26.8 Å². The third-order valence-electron chi connectivity index (χ3n) is 3.32. The van der Waals surface area contributed by atoms with Crippen molar-refractivity contribution in [1.29, 1.82) is 0 Å². The van der Waals surface area contributed by atoms with Crippen molar-refractivity contribution in [3.8, 4) is 5.75 Å². The van der Waals surface area contributed by atoms with Gasteiger partial charge < -0.3 is 10.1 Å². The highest BCUT2D eigenvalue weighted by Crippen LogP contribution is 2.31. The number of benzene rings is 2. The van der Waals surface area contributed by atoms with Crippen LogP contribution in [0.15, 0.2) is 40.9 Å². The molecule has 0 aliphatic rings. The number of para-hydroxylation sites is 1. The molecule has 0 fully saturated rings. The van der Waals surface area contributed by atoms with E-state index in [1.54, 1.807) is 6.07 Å². The van der Waals surface area contributed by atoms with Gasteiger partial charge in [-0.3, -0.25) is 0 Å². The lowest BCUT2D eigenvalue weighted by Gasteiger charge is -2.20. The number of ether oxygens (including phenoxy) is 1. The second-order valence-electron chi connectivity index (χ2n) is 4.92. The average Bonchev–Trinajstić information content (AvgIpc) is 2.45. The zero-order valence-electron chi connectivity index (χ0n) is 12.4. The molecule has 0 aliphatic heterocycles. The Labute approximate surface area is 133 Å². The van der Waals surface area contributed by atoms with Crippen molar-refractivity contribution in [2.75, 3.05) is 11.9 Å². The highest BCUT2D eigenvalue weighted by atomic mass is 79.9. The van der Waals surface area contributed by atoms with Crippen LogP contribution in [0.1, 0.15) is 31.0 Å². The van der Waals surface area contributed by atoms with Crippen LogP contribution in [0.25, 0.3) is 0 Å². The monoisotopic (exact) mass is 351 g/mol. The standard InChI is InChI=1S/C17H19BrFNO/c1-4-21-17-8-6-5-7-13(17)12(3)20-16-10-14(18)15(19)9-11(16)2/h5-10,12,20H,4H2,1-3H3. The molecule has 4 heteroatoms. The van der Waals surface area contributed by atoms with Crippen LogP contribution in [-0.2, 0) is 0 Å². The Morgan fingerprint density at radius 3 is 2.71 bits per heavy atom. The van der Waals surface area contributed by atoms with Crippen molar-refractivity contribution < 1.29 is 9.13 Å². The third-order valence-corrected chi connectivity index (χ3v) is 3.93. The first-order chi connectivity index (χ1) is 10.0. The molecule has 1 unspecified atom stereocenters. The van der Waals surface area contributed by atoms with Gasteiger partial charge in [0, 0.05) is 11.3 Å². The minimum Gasteiger partial charge on any atom is -0.494 e. The quantitative estimate of drug-likeness (QED) is 0.771. The molecule has 21 heavy (non-hydrogen) atoms. The van der Waals surface area contributed by atoms with Crippen molar-refractivity contribution in [3.05, 3.63) is 57.8 Å². The SMILES string of the molecule is CCOc1ccccc1C(C)Nc1cc(Br)c(F)cc1C. The van der Waals surface area contributed by atoms with E-state index in [2.05, 4.69) is 28.2 Å². The first kappa shape index (κ1) is 15.8. The molecule has 0 aromatic heterocycles. The minimum atomic E-state index is -0.250. The number of hydrogen-bond acceptors (Lipinski definition) is 2. The normalized spacial score (nSPS) is 12.0. The van der Waals surface area contributed by atoms with Gasteiger partial charge in [0.2, 0.25) is 0 Å². The van der Waals surface area contributed by atoms with Crippen LogP contribution in [-0.4, -0.2) is 6.61 Å². The molecule has 0 spiro atoms. The van der Waals surface area contributed by atoms with E-state index in [1.807, 2.05) is 38.1 Å². The van der Waals surface area contributed by atoms with E-state index < -0.39 is 0 Å². The lowest BCUT2D eigenvalue weighted by molar-refractivity contribution is 0.335. The molecule has 112 valence electrons. The van der Waals surface area contributed by atoms with E-state index in [4.69, 9.17) is 4.74 Å². The Morgan fingerprint density at radius 1 is 1.29 bits per heavy atom. The maximum atomic E-state index is 13.5. The van der Waals surface area contributed by atoms with Gasteiger partial charge in [0.25, 0.3) is 0 Å². The molecule has 0 aliphatic carbocycles. The van der Waals surface area contributed by atoms with E-state index >= 15 is 0 Å². The summed E-state index contributed by atoms with van der Waals surface area (Å²) in [5, 5.41) is 3.42. The fourth-order valence-corrected chi connectivity index (χ4v) is 2.58. The van der Waals surface area contributed by atoms with E-state index in [0.717, 1.165) is 22.6 Å². The van der Waals surface area contributed by atoms with Crippen molar-refractivity contribution in [3.63, 3.8) is 0 Å². The van der Waals surface area contributed by atoms with Crippen molar-refractivity contribution in [2.24, 2.45) is 0 Å². The predicted molar refractivity (Wildman–Crippen MR) is 88.5 cm³/mol. The highest BCUT2D eigenvalue weighted by Gasteiger charge is 2.13. The summed E-state index contributed by atoms with van der Waals surface area (Å²) in [6.45, 7) is 6.55. The lowest BCUT2D eigenvalue weighted by Crippen LogP contribution is -2.10. The fraction of sp³-hybridized carbons (Fsp3) is 0.294. The van der Waals surface area contributed by atoms with Crippen LogP contribution in [0, 0.1) is 12.7 Å². The zero-order chi connectivity index (χ0) is 15.4. The number of hydrogen-bond donors (Lipinski definition) is 1. The minimum absolute atomic E-state index is 0.0591. The van der Waals surface area contributed by atoms with Crippen LogP contribution in [0.3, 0.4) is 0 Å². The van der Waals surface area contributed by atoms with Crippen LogP contribution in [0.2, 0.25) is 0 Å². The van der Waals surface area contributed by atoms with Gasteiger partial charge in [-0.25, -0.2) is 4.39 Å². The average molecular weight is 352 g/mol. The molecule has 0 heterocycles. The molecule has 0 bridgehead atoms. The Bertz CT molecular complexity index is 630. The summed E-state index contributed by atoms with van der Waals surface area (Å²) in [7, 11) is 0. The maximum Gasteiger partial charge on any atom is 0.137 e. The molecule has 0 radical (unpaired) electrons. The van der Waals surface area contributed by atoms with Gasteiger partial charge in [0.05, 0.1) is 17.1 Å². The number of nitrogens with one attached hydrogen (secondary N) is 1. The largest absolute Gasteiger partial charge is 0.494 e. The number of anilines is 1. The topological polar surface area (TPSA) is 21.3 Å². The van der Waals surface area contributed by atoms with Gasteiger partial charge in [-0.1, -0.05) is 18.2 Å². The van der Waals surface area contributed by atoms with Crippen molar-refractivity contribution in [1.82, 2.24) is 0 Å². The summed E-state index contributed by atoms with van der Waals surface area (Å²) in [6, 6.07) is 11.3. The van der Waals surface area contributed by atoms with E-state index in [1.165, 1.54) is 6.07 Å². The van der Waals surface area contributed by atoms with Crippen LogP contribution >= 0.6 is 15.9 Å². The summed E-state index contributed by atoms with van der Waals surface area (Å²) >= 11 is 3.23. The van der Waals surface area contributed by atoms with Crippen LogP contribution < -0.4 is 10.1 Å². The summed E-state index contributed by atoms with van der Waals surface area (Å²) in [5.41, 5.74) is 2.86. The second kappa shape index (κ2) is 6.94. The smallest absolute Gasteiger partial charge is 0.137 e. The van der Waals surface area contributed by atoms with E-state index in [0.29, 0.717) is 11.1 Å². The lowest BCUT2D eigenvalue weighted by atomic mass is 10.1. The molecular weight excluding hydrogens is 333 g/mol. The Hall–Kier alpha value is -1.55. The van der Waals surface area contributed by atoms with Crippen LogP contribution in [0.5, 0.6) is 5.75 Å². The van der Waals surface area contributed by atoms with Crippen LogP contribution in [0.4, 0.5) is 10.1 Å². The Kier molecular flexibility index (Phi) is 5.23. The number of halogens is 2. The highest BCUT2D eigenvalue weighted by molar-refractivity contribution is 9.10. The maximum absolute atomic E-state index is 13.5. The molecule has 2 rings (SSSR count). The van der Waals surface area contributed by atoms with E-state index in [-0.39, 0.29) is 11.9 Å². The summed E-state index contributed by atoms with van der Waals surface area (Å²) < 4.78 is 19.6. The molecule has 1 N–H and O–H groups in total. The zero-order valence-corrected chi connectivity index (χ0v) is 14.0. The first-order valence-corrected chi connectivity index (χ1v) is 7.76. The summed E-state index contributed by atoms with van der Waals surface area (Å²) in [5.74, 6) is 0.624. The molecule has 2 nitrogen and oxygen atoms in total. The van der Waals surface area contributed by atoms with Crippen molar-refractivity contribution >= 4 is 21.6 Å². The molecule has 0 amide bonds. The molecule has 2 aromatic carbocycles. The fourth-order valence-electron chi connectivity index (χ4n) is 2.24. The van der Waals surface area contributed by atoms with E-state index in [9.17, 15) is 4.39 Å². The molecule has 1 atom stereocenters. The summed E-state index contributed by atoms with van der Waals surface area (Å²) in [6.07, 6.45) is 0. The number of rotatable bonds is 5. The molecular formula is C17H19BrFNO. The Morgan fingerprint density at radius 2 is 2.00 bits per heavy atom.